The van der Waals surface area contributed by atoms with Crippen molar-refractivity contribution in [3.05, 3.63) is 23.5 Å². The fourth-order valence-corrected chi connectivity index (χ4v) is 11.1. The van der Waals surface area contributed by atoms with E-state index in [1.807, 2.05) is 13.8 Å². The number of hydrogen-bond donors (Lipinski definition) is 3. The Bertz CT molecular complexity index is 1280. The van der Waals surface area contributed by atoms with Gasteiger partial charge in [0.15, 0.2) is 16.6 Å². The minimum absolute atomic E-state index is 0.00288. The third kappa shape index (κ3) is 7.15. The van der Waals surface area contributed by atoms with Crippen LogP contribution < -0.4 is 0 Å². The van der Waals surface area contributed by atoms with Gasteiger partial charge in [0.25, 0.3) is 0 Å². The van der Waals surface area contributed by atoms with Crippen molar-refractivity contribution in [3.63, 3.8) is 0 Å². The first-order chi connectivity index (χ1) is 21.5. The Morgan fingerprint density at radius 3 is 2.24 bits per heavy atom. The van der Waals surface area contributed by atoms with Gasteiger partial charge < -0.3 is 19.6 Å². The molecule has 0 amide bonds. The molecule has 3 fully saturated rings. The predicted octanol–water partition coefficient (Wildman–Crippen LogP) is 7.01. The molecule has 260 valence electrons. The third-order valence-corrected chi connectivity index (χ3v) is 13.4. The molecule has 12 heteroatoms. The van der Waals surface area contributed by atoms with Gasteiger partial charge in [-0.2, -0.15) is 0 Å². The Morgan fingerprint density at radius 2 is 1.63 bits per heavy atom. The number of alkyl halides is 2. The number of fused-ring (bicyclic) bond motifs is 5. The molecule has 0 radical (unpaired) electrons. The van der Waals surface area contributed by atoms with Gasteiger partial charge in [0.05, 0.1) is 11.5 Å². The van der Waals surface area contributed by atoms with E-state index >= 15 is 8.78 Å². The summed E-state index contributed by atoms with van der Waals surface area (Å²) in [7, 11) is -3.91. The van der Waals surface area contributed by atoms with Crippen molar-refractivity contribution in [1.29, 1.82) is 0 Å². The largest absolute Gasteiger partial charge is 0.430 e. The summed E-state index contributed by atoms with van der Waals surface area (Å²) in [6.45, 7) is 6.93. The highest BCUT2D eigenvalue weighted by atomic mass is 32.2. The van der Waals surface area contributed by atoms with Gasteiger partial charge in [-0.3, -0.25) is 18.9 Å². The molecule has 0 unspecified atom stereocenters. The van der Waals surface area contributed by atoms with Crippen molar-refractivity contribution in [3.8, 4) is 0 Å². The smallest absolute Gasteiger partial charge is 0.325 e. The molecule has 3 saturated carbocycles. The SMILES string of the molecule is CCC(=O)OC1=CC(=O)C=C2[C@@H](F)C[C@H]3[C@@H]4C[C@@H](C)[C@@H](C(=O)SCCCCCCCCCCP(=O)(O)O)[C@@]4(C)C[C@H](O)[C@]3(F)[C@]12C. The molecule has 0 saturated heterocycles. The Morgan fingerprint density at radius 1 is 1.02 bits per heavy atom. The van der Waals surface area contributed by atoms with Crippen LogP contribution in [0, 0.1) is 34.5 Å². The van der Waals surface area contributed by atoms with Gasteiger partial charge in [-0.05, 0) is 67.9 Å². The van der Waals surface area contributed by atoms with Crippen LogP contribution in [0.5, 0.6) is 0 Å². The molecule has 0 bridgehead atoms. The summed E-state index contributed by atoms with van der Waals surface area (Å²) in [5, 5.41) is 11.7. The Kier molecular flexibility index (Phi) is 11.9. The molecular weight excluding hydrogens is 637 g/mol. The second-order valence-electron chi connectivity index (χ2n) is 14.4. The molecule has 4 rings (SSSR count). The fraction of sp³-hybridized carbons (Fsp3) is 0.794. The maximum Gasteiger partial charge on any atom is 0.325 e. The van der Waals surface area contributed by atoms with Crippen LogP contribution in [0.3, 0.4) is 0 Å². The van der Waals surface area contributed by atoms with Gasteiger partial charge in [0.2, 0.25) is 0 Å². The zero-order valence-electron chi connectivity index (χ0n) is 27.5. The number of carbonyl (C=O) groups excluding carboxylic acids is 3. The van der Waals surface area contributed by atoms with Gasteiger partial charge >= 0.3 is 13.6 Å². The summed E-state index contributed by atoms with van der Waals surface area (Å²) in [5.41, 5.74) is -5.10. The molecule has 46 heavy (non-hydrogen) atoms. The van der Waals surface area contributed by atoms with Crippen LogP contribution in [0.4, 0.5) is 8.78 Å². The standard InChI is InChI=1S/C34H51F2O8PS/c1-5-29(39)44-28-18-22(37)17-25-26(35)19-24-23-16-21(2)30(32(23,3)20-27(38)34(24,36)33(25,28)4)31(40)46-15-13-11-9-7-6-8-10-12-14-45(41,42)43/h17-18,21,23-24,26-27,30,38H,5-16,19-20H2,1-4H3,(H2,41,42,43)/t21-,23+,24+,26+,27+,30+,32+,33+,34+/m1/s1. The van der Waals surface area contributed by atoms with Gasteiger partial charge in [-0.25, -0.2) is 8.78 Å². The molecule has 0 spiro atoms. The maximum atomic E-state index is 17.9. The fourth-order valence-electron chi connectivity index (χ4n) is 9.22. The van der Waals surface area contributed by atoms with Crippen LogP contribution in [-0.2, 0) is 23.7 Å². The van der Waals surface area contributed by atoms with Crippen molar-refractivity contribution in [2.45, 2.75) is 123 Å². The highest BCUT2D eigenvalue weighted by Gasteiger charge is 2.75. The molecule has 8 nitrogen and oxygen atoms in total. The van der Waals surface area contributed by atoms with E-state index in [0.717, 1.165) is 57.1 Å². The average molecular weight is 689 g/mol. The summed E-state index contributed by atoms with van der Waals surface area (Å²) in [4.78, 5) is 56.4. The maximum absolute atomic E-state index is 17.9. The minimum Gasteiger partial charge on any atom is -0.430 e. The van der Waals surface area contributed by atoms with Crippen LogP contribution in [-0.4, -0.2) is 61.6 Å². The van der Waals surface area contributed by atoms with Crippen molar-refractivity contribution in [1.82, 2.24) is 0 Å². The highest BCUT2D eigenvalue weighted by molar-refractivity contribution is 8.13. The predicted molar refractivity (Wildman–Crippen MR) is 173 cm³/mol. The highest BCUT2D eigenvalue weighted by Crippen LogP contribution is 2.71. The average Bonchev–Trinajstić information content (AvgIpc) is 3.23. The lowest BCUT2D eigenvalue weighted by Crippen LogP contribution is -2.69. The van der Waals surface area contributed by atoms with E-state index in [2.05, 4.69) is 0 Å². The molecule has 4 aliphatic carbocycles. The van der Waals surface area contributed by atoms with Gasteiger partial charge in [0, 0.05) is 36.2 Å². The molecule has 0 aromatic heterocycles. The van der Waals surface area contributed by atoms with Gasteiger partial charge in [0.1, 0.15) is 11.9 Å². The first-order valence-electron chi connectivity index (χ1n) is 16.9. The summed E-state index contributed by atoms with van der Waals surface area (Å²) >= 11 is 1.29. The van der Waals surface area contributed by atoms with Crippen LogP contribution in [0.2, 0.25) is 0 Å². The molecule has 0 aromatic rings. The lowest BCUT2D eigenvalue weighted by Gasteiger charge is -2.62. The summed E-state index contributed by atoms with van der Waals surface area (Å²) in [5.74, 6) is -2.69. The third-order valence-electron chi connectivity index (χ3n) is 11.5. The Balaban J connectivity index is 1.39. The molecule has 9 atom stereocenters. The zero-order chi connectivity index (χ0) is 34.1. The number of halogens is 2. The van der Waals surface area contributed by atoms with Crippen LogP contribution >= 0.6 is 19.4 Å². The summed E-state index contributed by atoms with van der Waals surface area (Å²) in [6, 6.07) is 0. The minimum atomic E-state index is -3.91. The van der Waals surface area contributed by atoms with E-state index in [-0.39, 0.29) is 53.7 Å². The van der Waals surface area contributed by atoms with E-state index in [1.165, 1.54) is 18.7 Å². The lowest BCUT2D eigenvalue weighted by atomic mass is 9.44. The number of aliphatic hydroxyl groups is 1. The second kappa shape index (κ2) is 14.6. The number of carbonyl (C=O) groups is 3. The first-order valence-corrected chi connectivity index (χ1v) is 19.7. The van der Waals surface area contributed by atoms with Gasteiger partial charge in [-0.15, -0.1) is 0 Å². The summed E-state index contributed by atoms with van der Waals surface area (Å²) in [6.07, 6.45) is 6.31. The number of esters is 1. The Labute approximate surface area is 275 Å². The number of rotatable bonds is 14. The van der Waals surface area contributed by atoms with E-state index < -0.39 is 60.0 Å². The van der Waals surface area contributed by atoms with Crippen molar-refractivity contribution in [2.75, 3.05) is 11.9 Å². The second-order valence-corrected chi connectivity index (χ2v) is 17.3. The number of ether oxygens (including phenoxy) is 1. The van der Waals surface area contributed by atoms with Gasteiger partial charge in [-0.1, -0.05) is 71.1 Å². The van der Waals surface area contributed by atoms with E-state index in [4.69, 9.17) is 14.5 Å². The number of ketones is 1. The van der Waals surface area contributed by atoms with Crippen molar-refractivity contribution >= 4 is 36.2 Å². The number of allylic oxidation sites excluding steroid dienone is 3. The van der Waals surface area contributed by atoms with E-state index in [0.29, 0.717) is 18.6 Å². The Hall–Kier alpha value is -1.39. The molecule has 0 heterocycles. The van der Waals surface area contributed by atoms with E-state index in [1.54, 1.807) is 6.92 Å². The van der Waals surface area contributed by atoms with Crippen LogP contribution in [0.1, 0.15) is 105 Å². The normalized spacial score (nSPS) is 37.1. The first kappa shape index (κ1) is 37.4. The molecular formula is C34H51F2O8PS. The number of aliphatic hydroxyl groups excluding tert-OH is 1. The molecule has 4 aliphatic rings. The lowest BCUT2D eigenvalue weighted by molar-refractivity contribution is -0.211. The quantitative estimate of drug-likeness (QED) is 0.100. The monoisotopic (exact) mass is 688 g/mol. The van der Waals surface area contributed by atoms with Crippen LogP contribution in [0.25, 0.3) is 0 Å². The zero-order valence-corrected chi connectivity index (χ0v) is 29.2. The number of thioether (sulfide) groups is 1. The number of hydrogen-bond acceptors (Lipinski definition) is 7. The number of unbranched alkanes of at least 4 members (excludes halogenated alkanes) is 7. The molecule has 3 N–H and O–H groups in total. The van der Waals surface area contributed by atoms with Crippen LogP contribution in [0.15, 0.2) is 23.5 Å². The molecule has 0 aromatic carbocycles. The summed E-state index contributed by atoms with van der Waals surface area (Å²) < 4.78 is 50.3. The topological polar surface area (TPSA) is 138 Å². The molecule has 0 aliphatic heterocycles. The van der Waals surface area contributed by atoms with E-state index in [9.17, 15) is 24.1 Å². The van der Waals surface area contributed by atoms with Crippen molar-refractivity contribution in [2.24, 2.45) is 34.5 Å². The van der Waals surface area contributed by atoms with Crippen molar-refractivity contribution < 1.29 is 47.4 Å².